The highest BCUT2D eigenvalue weighted by atomic mass is 35.5. The number of hydrogen-bond donors (Lipinski definition) is 1. The smallest absolute Gasteiger partial charge is 0.240 e. The Kier molecular flexibility index (Phi) is 9.43. The van der Waals surface area contributed by atoms with Crippen LogP contribution in [0.1, 0.15) is 5.56 Å². The van der Waals surface area contributed by atoms with Crippen molar-refractivity contribution in [2.75, 3.05) is 36.5 Å². The Labute approximate surface area is 195 Å². The van der Waals surface area contributed by atoms with Gasteiger partial charge in [-0.15, -0.1) is 0 Å². The van der Waals surface area contributed by atoms with E-state index < -0.39 is 15.9 Å². The summed E-state index contributed by atoms with van der Waals surface area (Å²) in [4.78, 5) is 12.3. The molecule has 0 unspecified atom stereocenters. The number of carbonyl (C=O) groups is 1. The molecule has 1 N–H and O–H groups in total. The van der Waals surface area contributed by atoms with Gasteiger partial charge in [0.2, 0.25) is 15.9 Å². The summed E-state index contributed by atoms with van der Waals surface area (Å²) in [7, 11) is -2.23. The normalized spacial score (nSPS) is 11.2. The topological polar surface area (TPSA) is 75.7 Å². The lowest BCUT2D eigenvalue weighted by Gasteiger charge is -2.22. The van der Waals surface area contributed by atoms with E-state index in [-0.39, 0.29) is 17.3 Å². The van der Waals surface area contributed by atoms with E-state index in [1.54, 1.807) is 36.0 Å². The van der Waals surface area contributed by atoms with Gasteiger partial charge in [0.05, 0.1) is 24.1 Å². The zero-order valence-electron chi connectivity index (χ0n) is 16.3. The van der Waals surface area contributed by atoms with Gasteiger partial charge >= 0.3 is 0 Å². The number of benzene rings is 2. The minimum atomic E-state index is -3.69. The summed E-state index contributed by atoms with van der Waals surface area (Å²) in [5.41, 5.74) is 1.12. The van der Waals surface area contributed by atoms with Crippen LogP contribution in [0, 0.1) is 0 Å². The van der Waals surface area contributed by atoms with Crippen LogP contribution in [0.5, 0.6) is 5.75 Å². The molecule has 0 radical (unpaired) electrons. The van der Waals surface area contributed by atoms with Crippen LogP contribution < -0.4 is 14.4 Å². The fourth-order valence-electron chi connectivity index (χ4n) is 2.50. The lowest BCUT2D eigenvalue weighted by atomic mass is 10.2. The summed E-state index contributed by atoms with van der Waals surface area (Å²) in [5.74, 6) is 1.20. The number of nitrogens with one attached hydrogen (secondary N) is 1. The minimum Gasteiger partial charge on any atom is -0.495 e. The van der Waals surface area contributed by atoms with Crippen LogP contribution in [0.2, 0.25) is 15.1 Å². The lowest BCUT2D eigenvalue weighted by Crippen LogP contribution is -2.41. The highest BCUT2D eigenvalue weighted by Gasteiger charge is 2.21. The predicted molar refractivity (Wildman–Crippen MR) is 126 cm³/mol. The minimum absolute atomic E-state index is 0.249. The van der Waals surface area contributed by atoms with Gasteiger partial charge in [0.1, 0.15) is 12.3 Å². The standard InChI is InChI=1S/C19H21Cl3N2O4S2/c1-28-18-7-6-13(10-17(18)22)24(30(2,26)27)11-19(25)23-8-9-29-12-14-15(20)4-3-5-16(14)21/h3-7,10H,8-9,11-12H2,1-2H3,(H,23,25). The first-order valence-electron chi connectivity index (χ1n) is 8.72. The van der Waals surface area contributed by atoms with Crippen molar-refractivity contribution in [3.8, 4) is 5.75 Å². The second-order valence-electron chi connectivity index (χ2n) is 6.19. The molecular formula is C19H21Cl3N2O4S2. The Bertz CT molecular complexity index is 983. The van der Waals surface area contributed by atoms with Gasteiger partial charge in [-0.25, -0.2) is 8.42 Å². The third kappa shape index (κ3) is 7.13. The van der Waals surface area contributed by atoms with Crippen molar-refractivity contribution < 1.29 is 17.9 Å². The number of ether oxygens (including phenoxy) is 1. The highest BCUT2D eigenvalue weighted by molar-refractivity contribution is 7.98. The molecule has 164 valence electrons. The summed E-state index contributed by atoms with van der Waals surface area (Å²) < 4.78 is 30.4. The number of rotatable bonds is 10. The van der Waals surface area contributed by atoms with Crippen molar-refractivity contribution in [3.05, 3.63) is 57.0 Å². The van der Waals surface area contributed by atoms with E-state index in [0.29, 0.717) is 33.8 Å². The fraction of sp³-hybridized carbons (Fsp3) is 0.316. The summed E-state index contributed by atoms with van der Waals surface area (Å²) >= 11 is 19.9. The quantitative estimate of drug-likeness (QED) is 0.476. The zero-order valence-corrected chi connectivity index (χ0v) is 20.2. The van der Waals surface area contributed by atoms with Crippen molar-refractivity contribution in [2.24, 2.45) is 0 Å². The predicted octanol–water partition coefficient (Wildman–Crippen LogP) is 4.47. The monoisotopic (exact) mass is 510 g/mol. The number of carbonyl (C=O) groups excluding carboxylic acids is 1. The largest absolute Gasteiger partial charge is 0.495 e. The molecule has 0 aliphatic heterocycles. The molecule has 0 bridgehead atoms. The van der Waals surface area contributed by atoms with Gasteiger partial charge < -0.3 is 10.1 Å². The molecule has 2 aromatic carbocycles. The van der Waals surface area contributed by atoms with Gasteiger partial charge in [0, 0.05) is 28.1 Å². The van der Waals surface area contributed by atoms with Crippen molar-refractivity contribution in [2.45, 2.75) is 5.75 Å². The van der Waals surface area contributed by atoms with E-state index in [0.717, 1.165) is 16.1 Å². The molecule has 2 rings (SSSR count). The molecule has 0 aliphatic carbocycles. The Balaban J connectivity index is 1.90. The Morgan fingerprint density at radius 2 is 1.80 bits per heavy atom. The van der Waals surface area contributed by atoms with Gasteiger partial charge in [-0.05, 0) is 35.9 Å². The number of methoxy groups -OCH3 is 1. The van der Waals surface area contributed by atoms with Crippen LogP contribution in [-0.2, 0) is 20.6 Å². The van der Waals surface area contributed by atoms with Crippen molar-refractivity contribution in [1.82, 2.24) is 5.32 Å². The van der Waals surface area contributed by atoms with Crippen molar-refractivity contribution in [1.29, 1.82) is 0 Å². The first-order chi connectivity index (χ1) is 14.1. The van der Waals surface area contributed by atoms with Gasteiger partial charge in [-0.1, -0.05) is 40.9 Å². The summed E-state index contributed by atoms with van der Waals surface area (Å²) in [6, 6.07) is 9.85. The summed E-state index contributed by atoms with van der Waals surface area (Å²) in [5, 5.41) is 4.16. The molecule has 1 amide bonds. The van der Waals surface area contributed by atoms with Crippen LogP contribution in [0.15, 0.2) is 36.4 Å². The fourth-order valence-corrected chi connectivity index (χ4v) is 5.20. The lowest BCUT2D eigenvalue weighted by molar-refractivity contribution is -0.119. The third-order valence-corrected chi connectivity index (χ3v) is 7.12. The number of amides is 1. The molecule has 2 aromatic rings. The number of hydrogen-bond acceptors (Lipinski definition) is 5. The van der Waals surface area contributed by atoms with Gasteiger partial charge in [0.15, 0.2) is 0 Å². The molecule has 30 heavy (non-hydrogen) atoms. The SMILES string of the molecule is COc1ccc(N(CC(=O)NCCSCc2c(Cl)cccc2Cl)S(C)(=O)=O)cc1Cl. The first-order valence-corrected chi connectivity index (χ1v) is 12.9. The Morgan fingerprint density at radius 1 is 1.13 bits per heavy atom. The molecule has 0 saturated carbocycles. The molecule has 0 spiro atoms. The zero-order chi connectivity index (χ0) is 22.3. The molecule has 0 atom stereocenters. The van der Waals surface area contributed by atoms with E-state index >= 15 is 0 Å². The van der Waals surface area contributed by atoms with E-state index in [9.17, 15) is 13.2 Å². The molecule has 11 heteroatoms. The van der Waals surface area contributed by atoms with Crippen molar-refractivity contribution in [3.63, 3.8) is 0 Å². The molecule has 0 heterocycles. The van der Waals surface area contributed by atoms with E-state index in [1.807, 2.05) is 0 Å². The molecule has 0 saturated heterocycles. The maximum atomic E-state index is 12.3. The van der Waals surface area contributed by atoms with Crippen LogP contribution in [0.4, 0.5) is 5.69 Å². The molecule has 0 aliphatic rings. The van der Waals surface area contributed by atoms with Gasteiger partial charge in [-0.3, -0.25) is 9.10 Å². The van der Waals surface area contributed by atoms with E-state index in [1.165, 1.54) is 19.2 Å². The van der Waals surface area contributed by atoms with Crippen molar-refractivity contribution >= 4 is 68.2 Å². The number of sulfonamides is 1. The maximum Gasteiger partial charge on any atom is 0.240 e. The van der Waals surface area contributed by atoms with Gasteiger partial charge in [0.25, 0.3) is 0 Å². The molecule has 0 fully saturated rings. The Hall–Kier alpha value is -1.32. The highest BCUT2D eigenvalue weighted by Crippen LogP contribution is 2.30. The molecule has 0 aromatic heterocycles. The van der Waals surface area contributed by atoms with Crippen LogP contribution in [0.25, 0.3) is 0 Å². The average Bonchev–Trinajstić information content (AvgIpc) is 2.67. The summed E-state index contributed by atoms with van der Waals surface area (Å²) in [6.45, 7) is 0.00897. The number of halogens is 3. The average molecular weight is 512 g/mol. The second kappa shape index (κ2) is 11.3. The Morgan fingerprint density at radius 3 is 2.37 bits per heavy atom. The van der Waals surface area contributed by atoms with E-state index in [4.69, 9.17) is 39.5 Å². The number of anilines is 1. The number of thioether (sulfide) groups is 1. The van der Waals surface area contributed by atoms with Crippen LogP contribution in [-0.4, -0.2) is 46.5 Å². The van der Waals surface area contributed by atoms with Gasteiger partial charge in [-0.2, -0.15) is 11.8 Å². The first kappa shape index (κ1) is 24.9. The van der Waals surface area contributed by atoms with E-state index in [2.05, 4.69) is 5.32 Å². The summed E-state index contributed by atoms with van der Waals surface area (Å²) in [6.07, 6.45) is 1.03. The van der Waals surface area contributed by atoms with Crippen LogP contribution in [0.3, 0.4) is 0 Å². The second-order valence-corrected chi connectivity index (χ2v) is 10.4. The van der Waals surface area contributed by atoms with Crippen LogP contribution >= 0.6 is 46.6 Å². The third-order valence-electron chi connectivity index (χ3n) is 3.99. The maximum absolute atomic E-state index is 12.3. The number of nitrogens with zero attached hydrogens (tertiary/aromatic N) is 1. The molecular weight excluding hydrogens is 491 g/mol. The molecule has 6 nitrogen and oxygen atoms in total.